The van der Waals surface area contributed by atoms with E-state index in [-0.39, 0.29) is 5.91 Å². The molecule has 5 rings (SSSR count). The number of thiazole rings is 1. The minimum Gasteiger partial charge on any atom is -0.457 e. The summed E-state index contributed by atoms with van der Waals surface area (Å²) >= 11 is 5.01. The van der Waals surface area contributed by atoms with E-state index in [4.69, 9.17) is 4.42 Å². The molecule has 1 aromatic carbocycles. The Hall–Kier alpha value is -2.45. The lowest BCUT2D eigenvalue weighted by Crippen LogP contribution is -2.40. The van der Waals surface area contributed by atoms with Crippen LogP contribution in [-0.4, -0.2) is 32.3 Å². The SMILES string of the molecule is O=C(c1nccs1)N1CCc2[nH]cnc2[C@H]1c1oc2ccccc2c1Br. The first-order chi connectivity index (χ1) is 12.7. The Morgan fingerprint density at radius 3 is 3.04 bits per heavy atom. The predicted octanol–water partition coefficient (Wildman–Crippen LogP) is 4.16. The van der Waals surface area contributed by atoms with E-state index in [9.17, 15) is 4.79 Å². The number of para-hydroxylation sites is 1. The number of aromatic amines is 1. The summed E-state index contributed by atoms with van der Waals surface area (Å²) in [6, 6.07) is 7.41. The maximum Gasteiger partial charge on any atom is 0.283 e. The van der Waals surface area contributed by atoms with E-state index < -0.39 is 6.04 Å². The summed E-state index contributed by atoms with van der Waals surface area (Å²) in [5, 5.41) is 3.26. The van der Waals surface area contributed by atoms with Gasteiger partial charge in [0.15, 0.2) is 5.01 Å². The Kier molecular flexibility index (Phi) is 3.68. The van der Waals surface area contributed by atoms with Crippen molar-refractivity contribution in [3.63, 3.8) is 0 Å². The van der Waals surface area contributed by atoms with Crippen molar-refractivity contribution in [1.29, 1.82) is 0 Å². The van der Waals surface area contributed by atoms with Crippen LogP contribution in [0.15, 0.2) is 51.1 Å². The van der Waals surface area contributed by atoms with Crippen molar-refractivity contribution in [1.82, 2.24) is 19.9 Å². The number of nitrogens with zero attached hydrogens (tertiary/aromatic N) is 3. The molecule has 1 atom stereocenters. The molecule has 26 heavy (non-hydrogen) atoms. The van der Waals surface area contributed by atoms with Crippen molar-refractivity contribution < 1.29 is 9.21 Å². The normalized spacial score (nSPS) is 16.8. The second kappa shape index (κ2) is 6.07. The van der Waals surface area contributed by atoms with Gasteiger partial charge in [0.2, 0.25) is 0 Å². The Balaban J connectivity index is 1.69. The van der Waals surface area contributed by atoms with Gasteiger partial charge in [-0.1, -0.05) is 12.1 Å². The van der Waals surface area contributed by atoms with Gasteiger partial charge in [0.05, 0.1) is 16.5 Å². The molecule has 1 amide bonds. The lowest BCUT2D eigenvalue weighted by Gasteiger charge is -2.33. The monoisotopic (exact) mass is 428 g/mol. The molecule has 1 aliphatic heterocycles. The fourth-order valence-corrected chi connectivity index (χ4v) is 4.64. The number of hydrogen-bond donors (Lipinski definition) is 1. The number of imidazole rings is 1. The van der Waals surface area contributed by atoms with Crippen LogP contribution < -0.4 is 0 Å². The van der Waals surface area contributed by atoms with E-state index in [1.807, 2.05) is 29.6 Å². The Morgan fingerprint density at radius 2 is 2.23 bits per heavy atom. The number of furan rings is 1. The molecule has 0 unspecified atom stereocenters. The van der Waals surface area contributed by atoms with Crippen molar-refractivity contribution in [2.24, 2.45) is 0 Å². The molecule has 0 radical (unpaired) electrons. The van der Waals surface area contributed by atoms with E-state index in [0.717, 1.165) is 33.3 Å². The van der Waals surface area contributed by atoms with E-state index >= 15 is 0 Å². The van der Waals surface area contributed by atoms with Gasteiger partial charge in [-0.05, 0) is 28.1 Å². The second-order valence-corrected chi connectivity index (χ2v) is 7.72. The summed E-state index contributed by atoms with van der Waals surface area (Å²) in [7, 11) is 0. The van der Waals surface area contributed by atoms with Crippen molar-refractivity contribution in [2.45, 2.75) is 12.5 Å². The average Bonchev–Trinajstić information content (AvgIpc) is 3.41. The van der Waals surface area contributed by atoms with Gasteiger partial charge in [-0.25, -0.2) is 9.97 Å². The van der Waals surface area contributed by atoms with Gasteiger partial charge >= 0.3 is 0 Å². The molecule has 0 fully saturated rings. The van der Waals surface area contributed by atoms with Gasteiger partial charge in [-0.2, -0.15) is 0 Å². The van der Waals surface area contributed by atoms with Crippen LogP contribution in [0.25, 0.3) is 11.0 Å². The first-order valence-electron chi connectivity index (χ1n) is 8.13. The molecular formula is C18H13BrN4O2S. The summed E-state index contributed by atoms with van der Waals surface area (Å²) in [6.07, 6.45) is 4.04. The molecule has 0 bridgehead atoms. The maximum atomic E-state index is 13.1. The number of hydrogen-bond acceptors (Lipinski definition) is 5. The van der Waals surface area contributed by atoms with Crippen LogP contribution in [0.3, 0.4) is 0 Å². The minimum absolute atomic E-state index is 0.106. The third-order valence-corrected chi connectivity index (χ3v) is 6.19. The zero-order valence-electron chi connectivity index (χ0n) is 13.5. The zero-order valence-corrected chi connectivity index (χ0v) is 15.9. The molecule has 1 aliphatic rings. The second-order valence-electron chi connectivity index (χ2n) is 6.03. The van der Waals surface area contributed by atoms with E-state index in [1.54, 1.807) is 17.4 Å². The molecule has 8 heteroatoms. The number of H-pyrrole nitrogens is 1. The third kappa shape index (κ3) is 2.33. The van der Waals surface area contributed by atoms with Gasteiger partial charge < -0.3 is 14.3 Å². The molecule has 0 saturated carbocycles. The fourth-order valence-electron chi connectivity index (χ4n) is 3.42. The lowest BCUT2D eigenvalue weighted by atomic mass is 10.00. The van der Waals surface area contributed by atoms with E-state index in [1.165, 1.54) is 11.3 Å². The van der Waals surface area contributed by atoms with Crippen LogP contribution in [0.2, 0.25) is 0 Å². The summed E-state index contributed by atoms with van der Waals surface area (Å²) in [6.45, 7) is 0.571. The summed E-state index contributed by atoms with van der Waals surface area (Å²) in [5.41, 5.74) is 2.63. The number of fused-ring (bicyclic) bond motifs is 2. The fraction of sp³-hybridized carbons (Fsp3) is 0.167. The van der Waals surface area contributed by atoms with Crippen LogP contribution in [0.5, 0.6) is 0 Å². The topological polar surface area (TPSA) is 75.0 Å². The van der Waals surface area contributed by atoms with Crippen LogP contribution in [0.1, 0.15) is 33.0 Å². The molecule has 6 nitrogen and oxygen atoms in total. The predicted molar refractivity (Wildman–Crippen MR) is 101 cm³/mol. The highest BCUT2D eigenvalue weighted by molar-refractivity contribution is 9.10. The molecule has 130 valence electrons. The molecule has 0 spiro atoms. The Labute approximate surface area is 161 Å². The highest BCUT2D eigenvalue weighted by atomic mass is 79.9. The highest BCUT2D eigenvalue weighted by Gasteiger charge is 2.38. The Morgan fingerprint density at radius 1 is 1.35 bits per heavy atom. The number of amides is 1. The number of nitrogens with one attached hydrogen (secondary N) is 1. The minimum atomic E-state index is -0.400. The number of carbonyl (C=O) groups excluding carboxylic acids is 1. The highest BCUT2D eigenvalue weighted by Crippen LogP contribution is 2.42. The van der Waals surface area contributed by atoms with Gasteiger partial charge in [0.25, 0.3) is 5.91 Å². The molecular weight excluding hydrogens is 416 g/mol. The van der Waals surface area contributed by atoms with Crippen molar-refractivity contribution in [2.75, 3.05) is 6.54 Å². The quantitative estimate of drug-likeness (QED) is 0.519. The van der Waals surface area contributed by atoms with E-state index in [0.29, 0.717) is 17.3 Å². The number of aromatic nitrogens is 3. The first kappa shape index (κ1) is 15.8. The number of halogens is 1. The van der Waals surface area contributed by atoms with E-state index in [2.05, 4.69) is 30.9 Å². The summed E-state index contributed by atoms with van der Waals surface area (Å²) < 4.78 is 7.00. The number of carbonyl (C=O) groups is 1. The Bertz CT molecular complexity index is 1100. The molecule has 1 N–H and O–H groups in total. The van der Waals surface area contributed by atoms with Gasteiger partial charge in [-0.3, -0.25) is 4.79 Å². The number of rotatable bonds is 2. The van der Waals surface area contributed by atoms with Gasteiger partial charge in [0, 0.05) is 35.6 Å². The number of benzene rings is 1. The molecule has 4 heterocycles. The van der Waals surface area contributed by atoms with Crippen LogP contribution in [0.4, 0.5) is 0 Å². The lowest BCUT2D eigenvalue weighted by molar-refractivity contribution is 0.0671. The van der Waals surface area contributed by atoms with Gasteiger partial charge in [0.1, 0.15) is 17.4 Å². The molecule has 4 aromatic rings. The largest absolute Gasteiger partial charge is 0.457 e. The van der Waals surface area contributed by atoms with Crippen LogP contribution in [-0.2, 0) is 6.42 Å². The standard InChI is InChI=1S/C18H13BrN4O2S/c19-13-10-3-1-2-4-12(10)25-16(13)15-14-11(21-9-22-14)5-7-23(15)18(24)17-20-6-8-26-17/h1-4,6,8-9,15H,5,7H2,(H,21,22)/t15-/m0/s1. The molecule has 0 aliphatic carbocycles. The summed E-state index contributed by atoms with van der Waals surface area (Å²) in [4.78, 5) is 26.7. The third-order valence-electron chi connectivity index (χ3n) is 4.61. The maximum absolute atomic E-state index is 13.1. The van der Waals surface area contributed by atoms with Crippen molar-refractivity contribution >= 4 is 44.1 Å². The average molecular weight is 429 g/mol. The zero-order chi connectivity index (χ0) is 17.7. The first-order valence-corrected chi connectivity index (χ1v) is 9.81. The van der Waals surface area contributed by atoms with Crippen molar-refractivity contribution in [3.8, 4) is 0 Å². The van der Waals surface area contributed by atoms with Crippen LogP contribution in [0, 0.1) is 0 Å². The molecule has 0 saturated heterocycles. The van der Waals surface area contributed by atoms with Gasteiger partial charge in [-0.15, -0.1) is 11.3 Å². The molecule has 3 aromatic heterocycles. The smallest absolute Gasteiger partial charge is 0.283 e. The summed E-state index contributed by atoms with van der Waals surface area (Å²) in [5.74, 6) is 0.579. The van der Waals surface area contributed by atoms with Crippen molar-refractivity contribution in [3.05, 3.63) is 68.8 Å². The van der Waals surface area contributed by atoms with Crippen LogP contribution >= 0.6 is 27.3 Å².